The van der Waals surface area contributed by atoms with E-state index < -0.39 is 11.7 Å². The minimum Gasteiger partial charge on any atom is -0.482 e. The molecule has 1 aromatic heterocycles. The van der Waals surface area contributed by atoms with E-state index in [1.807, 2.05) is 65.9 Å². The second-order valence-electron chi connectivity index (χ2n) is 8.10. The summed E-state index contributed by atoms with van der Waals surface area (Å²) < 4.78 is 11.1. The number of fused-ring (bicyclic) bond motifs is 1. The molecule has 29 heavy (non-hydrogen) atoms. The largest absolute Gasteiger partial charge is 0.482 e. The summed E-state index contributed by atoms with van der Waals surface area (Å²) in [4.78, 5) is 29.2. The number of hydrogen-bond acceptors (Lipinski definition) is 4. The Balaban J connectivity index is 2.05. The maximum atomic E-state index is 12.2. The van der Waals surface area contributed by atoms with E-state index in [0.717, 1.165) is 16.5 Å². The van der Waals surface area contributed by atoms with Crippen LogP contribution in [-0.4, -0.2) is 53.2 Å². The van der Waals surface area contributed by atoms with Crippen LogP contribution in [0.1, 0.15) is 47.1 Å². The number of para-hydroxylation sites is 1. The number of carbonyl (C=O) groups excluding carboxylic acids is 2. The van der Waals surface area contributed by atoms with E-state index in [2.05, 4.69) is 10.3 Å². The number of carbonyl (C=O) groups is 2. The Kier molecular flexibility index (Phi) is 7.53. The SMILES string of the molecule is CCN(CC)C(=O)[14CH2]Oc1cccc2c(C[C@@H](C)NC(=O)OC(C)(C)C)c[nH]c12. The lowest BCUT2D eigenvalue weighted by atomic mass is 10.1. The number of alkyl carbamates (subject to hydrolysis) is 1. The van der Waals surface area contributed by atoms with Gasteiger partial charge < -0.3 is 24.7 Å². The van der Waals surface area contributed by atoms with Crippen molar-refractivity contribution in [1.29, 1.82) is 0 Å². The van der Waals surface area contributed by atoms with Crippen LogP contribution in [0.5, 0.6) is 5.75 Å². The molecule has 2 N–H and O–H groups in total. The summed E-state index contributed by atoms with van der Waals surface area (Å²) in [7, 11) is 0. The molecular formula is C22H33N3O4. The Labute approximate surface area is 172 Å². The second-order valence-corrected chi connectivity index (χ2v) is 8.10. The molecule has 160 valence electrons. The molecule has 1 aromatic carbocycles. The molecule has 0 unspecified atom stereocenters. The van der Waals surface area contributed by atoms with Crippen LogP contribution < -0.4 is 10.1 Å². The molecule has 0 aliphatic rings. The van der Waals surface area contributed by atoms with Gasteiger partial charge in [-0.15, -0.1) is 0 Å². The predicted molar refractivity (Wildman–Crippen MR) is 114 cm³/mol. The molecule has 7 nitrogen and oxygen atoms in total. The van der Waals surface area contributed by atoms with Crippen molar-refractivity contribution in [3.8, 4) is 5.75 Å². The summed E-state index contributed by atoms with van der Waals surface area (Å²) in [6, 6.07) is 5.65. The van der Waals surface area contributed by atoms with Gasteiger partial charge in [0, 0.05) is 30.7 Å². The Morgan fingerprint density at radius 2 is 1.93 bits per heavy atom. The van der Waals surface area contributed by atoms with Crippen LogP contribution in [0.4, 0.5) is 4.79 Å². The Hall–Kier alpha value is -2.70. The smallest absolute Gasteiger partial charge is 0.407 e. The molecule has 0 aliphatic carbocycles. The number of hydrogen-bond donors (Lipinski definition) is 2. The lowest BCUT2D eigenvalue weighted by molar-refractivity contribution is -0.132. The summed E-state index contributed by atoms with van der Waals surface area (Å²) in [6.07, 6.45) is 2.13. The number of likely N-dealkylation sites (N-methyl/N-ethyl adjacent to an activating group) is 1. The van der Waals surface area contributed by atoms with Crippen LogP contribution in [0.2, 0.25) is 0 Å². The van der Waals surface area contributed by atoms with Crippen molar-refractivity contribution in [2.24, 2.45) is 0 Å². The molecule has 0 radical (unpaired) electrons. The van der Waals surface area contributed by atoms with Gasteiger partial charge in [-0.2, -0.15) is 0 Å². The van der Waals surface area contributed by atoms with Gasteiger partial charge in [-0.3, -0.25) is 4.79 Å². The highest BCUT2D eigenvalue weighted by Crippen LogP contribution is 2.28. The van der Waals surface area contributed by atoms with Gasteiger partial charge in [-0.05, 0) is 59.6 Å². The lowest BCUT2D eigenvalue weighted by Gasteiger charge is -2.21. The first-order chi connectivity index (χ1) is 13.6. The molecule has 2 aromatic rings. The van der Waals surface area contributed by atoms with E-state index in [4.69, 9.17) is 9.47 Å². The summed E-state index contributed by atoms with van der Waals surface area (Å²) in [5.41, 5.74) is 1.38. The third-order valence-electron chi connectivity index (χ3n) is 4.52. The van der Waals surface area contributed by atoms with E-state index >= 15 is 0 Å². The quantitative estimate of drug-likeness (QED) is 0.698. The summed E-state index contributed by atoms with van der Waals surface area (Å²) in [6.45, 7) is 12.7. The number of amides is 2. The number of nitrogens with zero attached hydrogens (tertiary/aromatic N) is 1. The molecule has 0 aliphatic heterocycles. The van der Waals surface area contributed by atoms with Gasteiger partial charge >= 0.3 is 6.09 Å². The fourth-order valence-corrected chi connectivity index (χ4v) is 3.17. The van der Waals surface area contributed by atoms with Crippen LogP contribution >= 0.6 is 0 Å². The van der Waals surface area contributed by atoms with Gasteiger partial charge in [0.25, 0.3) is 5.91 Å². The number of ether oxygens (including phenoxy) is 2. The maximum absolute atomic E-state index is 12.2. The highest BCUT2D eigenvalue weighted by Gasteiger charge is 2.19. The Bertz CT molecular complexity index is 834. The highest BCUT2D eigenvalue weighted by molar-refractivity contribution is 5.89. The third kappa shape index (κ3) is 6.41. The molecule has 0 saturated carbocycles. The predicted octanol–water partition coefficient (Wildman–Crippen LogP) is 3.87. The third-order valence-corrected chi connectivity index (χ3v) is 4.52. The first kappa shape index (κ1) is 22.6. The number of rotatable bonds is 8. The van der Waals surface area contributed by atoms with Crippen molar-refractivity contribution in [3.63, 3.8) is 0 Å². The van der Waals surface area contributed by atoms with Crippen LogP contribution in [0.15, 0.2) is 24.4 Å². The van der Waals surface area contributed by atoms with Gasteiger partial charge in [-0.25, -0.2) is 4.79 Å². The van der Waals surface area contributed by atoms with Gasteiger partial charge in [0.1, 0.15) is 11.4 Å². The minimum atomic E-state index is -0.528. The summed E-state index contributed by atoms with van der Waals surface area (Å²) in [5, 5.41) is 3.87. The minimum absolute atomic E-state index is 0.00570. The van der Waals surface area contributed by atoms with Gasteiger partial charge in [-0.1, -0.05) is 12.1 Å². The lowest BCUT2D eigenvalue weighted by Crippen LogP contribution is -2.38. The van der Waals surface area contributed by atoms with E-state index in [-0.39, 0.29) is 18.6 Å². The first-order valence-electron chi connectivity index (χ1n) is 10.1. The zero-order valence-corrected chi connectivity index (χ0v) is 18.3. The fraction of sp³-hybridized carbons (Fsp3) is 0.545. The molecule has 0 saturated heterocycles. The number of nitrogens with one attached hydrogen (secondary N) is 2. The molecule has 0 bridgehead atoms. The van der Waals surface area contributed by atoms with Crippen molar-refractivity contribution >= 4 is 22.9 Å². The molecule has 2 rings (SSSR count). The molecular weight excluding hydrogens is 372 g/mol. The Morgan fingerprint density at radius 3 is 2.55 bits per heavy atom. The number of aromatic nitrogens is 1. The zero-order valence-electron chi connectivity index (χ0n) is 18.3. The van der Waals surface area contributed by atoms with Crippen molar-refractivity contribution < 1.29 is 19.1 Å². The first-order valence-corrected chi connectivity index (χ1v) is 10.1. The molecule has 1 heterocycles. The number of H-pyrrole nitrogens is 1. The highest BCUT2D eigenvalue weighted by atomic mass is 16.7. The molecule has 0 spiro atoms. The topological polar surface area (TPSA) is 83.7 Å². The average Bonchev–Trinajstić information content (AvgIpc) is 3.02. The molecule has 1 atom stereocenters. The second kappa shape index (κ2) is 9.67. The average molecular weight is 406 g/mol. The van der Waals surface area contributed by atoms with Crippen LogP contribution in [-0.2, 0) is 16.0 Å². The van der Waals surface area contributed by atoms with Gasteiger partial charge in [0.15, 0.2) is 6.61 Å². The number of aromatic amines is 1. The fourth-order valence-electron chi connectivity index (χ4n) is 3.17. The van der Waals surface area contributed by atoms with E-state index in [9.17, 15) is 9.59 Å². The number of benzene rings is 1. The van der Waals surface area contributed by atoms with Crippen molar-refractivity contribution in [2.45, 2.75) is 59.6 Å². The summed E-state index contributed by atoms with van der Waals surface area (Å²) in [5.74, 6) is 0.607. The molecule has 0 fully saturated rings. The monoisotopic (exact) mass is 405 g/mol. The van der Waals surface area contributed by atoms with Crippen LogP contribution in [0.25, 0.3) is 10.9 Å². The molecule has 2 amide bonds. The van der Waals surface area contributed by atoms with E-state index in [1.54, 1.807) is 4.90 Å². The normalized spacial score (nSPS) is 12.5. The zero-order chi connectivity index (χ0) is 21.6. The van der Waals surface area contributed by atoms with Gasteiger partial charge in [0.05, 0.1) is 5.52 Å². The maximum Gasteiger partial charge on any atom is 0.407 e. The van der Waals surface area contributed by atoms with Crippen molar-refractivity contribution in [2.75, 3.05) is 19.7 Å². The van der Waals surface area contributed by atoms with E-state index in [0.29, 0.717) is 25.3 Å². The van der Waals surface area contributed by atoms with Crippen molar-refractivity contribution in [1.82, 2.24) is 15.2 Å². The van der Waals surface area contributed by atoms with Crippen LogP contribution in [0, 0.1) is 0 Å². The summed E-state index contributed by atoms with van der Waals surface area (Å²) >= 11 is 0. The Morgan fingerprint density at radius 1 is 1.24 bits per heavy atom. The van der Waals surface area contributed by atoms with Gasteiger partial charge in [0.2, 0.25) is 0 Å². The standard InChI is InChI=1S/C22H33N3O4/c1-7-25(8-2)19(26)14-28-18-11-9-10-17-16(13-23-20(17)18)12-15(3)24-21(27)29-22(4,5)6/h9-11,13,15,23H,7-8,12,14H2,1-6H3,(H,24,27)/t15-/m1/s1/i14+2. The van der Waals surface area contributed by atoms with E-state index in [1.165, 1.54) is 0 Å². The molecule has 7 heteroatoms. The van der Waals surface area contributed by atoms with Crippen LogP contribution in [0.3, 0.4) is 0 Å². The van der Waals surface area contributed by atoms with Crippen molar-refractivity contribution in [3.05, 3.63) is 30.0 Å².